The Morgan fingerprint density at radius 1 is 1.00 bits per heavy atom. The molecular formula is C32H44N6O7. The summed E-state index contributed by atoms with van der Waals surface area (Å²) in [7, 11) is 1.67. The smallest absolute Gasteiger partial charge is 0.409 e. The molecule has 1 aromatic carbocycles. The number of nitrogens with one attached hydrogen (secondary N) is 1. The van der Waals surface area contributed by atoms with E-state index in [4.69, 9.17) is 19.2 Å². The molecule has 1 aromatic heterocycles. The molecule has 2 aromatic rings. The number of piperazine rings is 1. The SMILES string of the molecule is CCOC(=O)N1CCN(C(=O)C(CCC(=O)OC(C)(C)C)NC(=O)c2cc(N3CC[C@H](OC)C3)nc(-c3ccccc3)n2)CC1. The Labute approximate surface area is 264 Å². The van der Waals surface area contributed by atoms with Crippen LogP contribution in [0.3, 0.4) is 0 Å². The predicted molar refractivity (Wildman–Crippen MR) is 167 cm³/mol. The number of esters is 1. The summed E-state index contributed by atoms with van der Waals surface area (Å²) in [4.78, 5) is 66.8. The van der Waals surface area contributed by atoms with E-state index in [2.05, 4.69) is 10.3 Å². The molecule has 0 bridgehead atoms. The van der Waals surface area contributed by atoms with E-state index in [9.17, 15) is 19.2 Å². The van der Waals surface area contributed by atoms with Crippen molar-refractivity contribution in [2.75, 3.05) is 57.9 Å². The van der Waals surface area contributed by atoms with E-state index in [-0.39, 0.29) is 50.2 Å². The van der Waals surface area contributed by atoms with Crippen molar-refractivity contribution in [2.45, 2.75) is 64.7 Å². The maximum Gasteiger partial charge on any atom is 0.409 e. The van der Waals surface area contributed by atoms with E-state index in [1.54, 1.807) is 50.7 Å². The van der Waals surface area contributed by atoms with E-state index in [1.165, 1.54) is 0 Å². The van der Waals surface area contributed by atoms with Gasteiger partial charge in [0.25, 0.3) is 5.91 Å². The zero-order valence-electron chi connectivity index (χ0n) is 26.8. The van der Waals surface area contributed by atoms with Crippen LogP contribution in [-0.4, -0.2) is 114 Å². The summed E-state index contributed by atoms with van der Waals surface area (Å²) in [5.41, 5.74) is 0.154. The minimum atomic E-state index is -1.03. The number of benzene rings is 1. The lowest BCUT2D eigenvalue weighted by Crippen LogP contribution is -2.56. The van der Waals surface area contributed by atoms with E-state index >= 15 is 0 Å². The number of carbonyl (C=O) groups is 4. The van der Waals surface area contributed by atoms with Crippen LogP contribution in [0.4, 0.5) is 10.6 Å². The maximum atomic E-state index is 13.8. The van der Waals surface area contributed by atoms with Gasteiger partial charge in [0.05, 0.1) is 12.7 Å². The van der Waals surface area contributed by atoms with Crippen LogP contribution in [0.1, 0.15) is 57.4 Å². The summed E-state index contributed by atoms with van der Waals surface area (Å²) in [6, 6.07) is 9.95. The Morgan fingerprint density at radius 3 is 2.31 bits per heavy atom. The number of hydrogen-bond acceptors (Lipinski definition) is 10. The Kier molecular flexibility index (Phi) is 11.3. The molecule has 13 nitrogen and oxygen atoms in total. The third-order valence-corrected chi connectivity index (χ3v) is 7.56. The van der Waals surface area contributed by atoms with Crippen LogP contribution in [0, 0.1) is 0 Å². The first-order valence-electron chi connectivity index (χ1n) is 15.4. The standard InChI is InChI=1S/C32H44N6O7/c1-6-44-31(42)37-18-16-36(17-19-37)30(41)24(12-13-27(39)45-32(2,3)4)34-29(40)25-20-26(38-15-14-23(21-38)43-5)35-28(33-25)22-10-8-7-9-11-22/h7-11,20,23-24H,6,12-19,21H2,1-5H3,(H,34,40)/t23-,24?/m0/s1. The fourth-order valence-electron chi connectivity index (χ4n) is 5.25. The van der Waals surface area contributed by atoms with Crippen LogP contribution >= 0.6 is 0 Å². The largest absolute Gasteiger partial charge is 0.460 e. The first kappa shape index (κ1) is 33.6. The second kappa shape index (κ2) is 15.2. The summed E-state index contributed by atoms with van der Waals surface area (Å²) in [5.74, 6) is -0.424. The van der Waals surface area contributed by atoms with Gasteiger partial charge in [0.1, 0.15) is 23.2 Å². The lowest BCUT2D eigenvalue weighted by Gasteiger charge is -2.36. The lowest BCUT2D eigenvalue weighted by molar-refractivity contribution is -0.155. The zero-order chi connectivity index (χ0) is 32.6. The summed E-state index contributed by atoms with van der Waals surface area (Å²) in [6.07, 6.45) is 0.406. The number of anilines is 1. The van der Waals surface area contributed by atoms with Crippen molar-refractivity contribution in [3.8, 4) is 11.4 Å². The molecule has 1 N–H and O–H groups in total. The second-order valence-electron chi connectivity index (χ2n) is 12.1. The summed E-state index contributed by atoms with van der Waals surface area (Å²) in [5, 5.41) is 2.84. The molecule has 2 aliphatic rings. The first-order valence-corrected chi connectivity index (χ1v) is 15.4. The summed E-state index contributed by atoms with van der Waals surface area (Å²) in [6.45, 7) is 9.76. The molecule has 4 rings (SSSR count). The third kappa shape index (κ3) is 9.37. The third-order valence-electron chi connectivity index (χ3n) is 7.56. The lowest BCUT2D eigenvalue weighted by atomic mass is 10.1. The number of aromatic nitrogens is 2. The van der Waals surface area contributed by atoms with Gasteiger partial charge in [0, 0.05) is 64.4 Å². The van der Waals surface area contributed by atoms with Crippen molar-refractivity contribution in [3.05, 3.63) is 42.1 Å². The number of ether oxygens (including phenoxy) is 3. The van der Waals surface area contributed by atoms with Gasteiger partial charge in [0.2, 0.25) is 5.91 Å². The van der Waals surface area contributed by atoms with Gasteiger partial charge in [-0.05, 0) is 40.5 Å². The highest BCUT2D eigenvalue weighted by Crippen LogP contribution is 2.24. The van der Waals surface area contributed by atoms with Crippen LogP contribution in [-0.2, 0) is 23.8 Å². The number of methoxy groups -OCH3 is 1. The van der Waals surface area contributed by atoms with Gasteiger partial charge in [-0.2, -0.15) is 0 Å². The Morgan fingerprint density at radius 2 is 1.69 bits per heavy atom. The number of nitrogens with zero attached hydrogens (tertiary/aromatic N) is 5. The number of carbonyl (C=O) groups excluding carboxylic acids is 4. The van der Waals surface area contributed by atoms with Gasteiger partial charge in [-0.3, -0.25) is 14.4 Å². The van der Waals surface area contributed by atoms with E-state index in [1.807, 2.05) is 35.2 Å². The topological polar surface area (TPSA) is 144 Å². The second-order valence-corrected chi connectivity index (χ2v) is 12.1. The fraction of sp³-hybridized carbons (Fsp3) is 0.562. The van der Waals surface area contributed by atoms with Gasteiger partial charge >= 0.3 is 12.1 Å². The van der Waals surface area contributed by atoms with E-state index in [0.29, 0.717) is 37.8 Å². The molecule has 3 amide bonds. The molecule has 2 saturated heterocycles. The minimum Gasteiger partial charge on any atom is -0.460 e. The molecule has 0 saturated carbocycles. The van der Waals surface area contributed by atoms with Crippen molar-refractivity contribution in [3.63, 3.8) is 0 Å². The maximum absolute atomic E-state index is 13.8. The molecular weight excluding hydrogens is 580 g/mol. The predicted octanol–water partition coefficient (Wildman–Crippen LogP) is 2.89. The highest BCUT2D eigenvalue weighted by Gasteiger charge is 2.32. The average molecular weight is 625 g/mol. The first-order chi connectivity index (χ1) is 21.5. The van der Waals surface area contributed by atoms with Crippen LogP contribution in [0.2, 0.25) is 0 Å². The molecule has 2 atom stereocenters. The Hall–Kier alpha value is -4.26. The van der Waals surface area contributed by atoms with Crippen molar-refractivity contribution in [2.24, 2.45) is 0 Å². The number of amides is 3. The normalized spacial score (nSPS) is 17.5. The molecule has 0 radical (unpaired) electrons. The number of rotatable bonds is 10. The number of hydrogen-bond donors (Lipinski definition) is 1. The Bertz CT molecular complexity index is 1340. The van der Waals surface area contributed by atoms with Crippen LogP contribution < -0.4 is 10.2 Å². The minimum absolute atomic E-state index is 0.0305. The summed E-state index contributed by atoms with van der Waals surface area (Å²) >= 11 is 0. The fourth-order valence-corrected chi connectivity index (χ4v) is 5.25. The van der Waals surface area contributed by atoms with Crippen molar-refractivity contribution in [1.82, 2.24) is 25.1 Å². The molecule has 1 unspecified atom stereocenters. The monoisotopic (exact) mass is 624 g/mol. The quantitative estimate of drug-likeness (QED) is 0.392. The van der Waals surface area contributed by atoms with Gasteiger partial charge in [-0.25, -0.2) is 14.8 Å². The van der Waals surface area contributed by atoms with E-state index < -0.39 is 29.6 Å². The molecule has 2 fully saturated rings. The van der Waals surface area contributed by atoms with Crippen LogP contribution in [0.5, 0.6) is 0 Å². The molecule has 2 aliphatic heterocycles. The van der Waals surface area contributed by atoms with Gasteiger partial charge in [0.15, 0.2) is 5.82 Å². The Balaban J connectivity index is 1.56. The van der Waals surface area contributed by atoms with Crippen LogP contribution in [0.25, 0.3) is 11.4 Å². The van der Waals surface area contributed by atoms with Crippen LogP contribution in [0.15, 0.2) is 36.4 Å². The zero-order valence-corrected chi connectivity index (χ0v) is 26.8. The highest BCUT2D eigenvalue weighted by atomic mass is 16.6. The molecule has 13 heteroatoms. The molecule has 0 aliphatic carbocycles. The van der Waals surface area contributed by atoms with E-state index in [0.717, 1.165) is 12.0 Å². The molecule has 244 valence electrons. The molecule has 3 heterocycles. The van der Waals surface area contributed by atoms with Gasteiger partial charge in [-0.1, -0.05) is 30.3 Å². The molecule has 45 heavy (non-hydrogen) atoms. The van der Waals surface area contributed by atoms with Gasteiger partial charge < -0.3 is 34.2 Å². The molecule has 0 spiro atoms. The van der Waals surface area contributed by atoms with Crippen molar-refractivity contribution < 1.29 is 33.4 Å². The van der Waals surface area contributed by atoms with Gasteiger partial charge in [-0.15, -0.1) is 0 Å². The highest BCUT2D eigenvalue weighted by molar-refractivity contribution is 5.97. The van der Waals surface area contributed by atoms with Crippen molar-refractivity contribution >= 4 is 29.7 Å². The summed E-state index contributed by atoms with van der Waals surface area (Å²) < 4.78 is 16.1. The average Bonchev–Trinajstić information content (AvgIpc) is 3.52. The van der Waals surface area contributed by atoms with Crippen molar-refractivity contribution in [1.29, 1.82) is 0 Å².